The first kappa shape index (κ1) is 15.5. The van der Waals surface area contributed by atoms with E-state index in [0.29, 0.717) is 23.4 Å². The molecule has 0 atom stereocenters. The van der Waals surface area contributed by atoms with E-state index in [-0.39, 0.29) is 5.78 Å². The van der Waals surface area contributed by atoms with Gasteiger partial charge in [-0.3, -0.25) is 4.79 Å². The van der Waals surface area contributed by atoms with E-state index in [2.05, 4.69) is 16.5 Å². The highest BCUT2D eigenvalue weighted by Crippen LogP contribution is 2.20. The molecule has 3 aromatic rings. The SMILES string of the molecule is CC(=O)c1ccc(C#N)c(NCc2ccccc2-n2cccn2)c1. The van der Waals surface area contributed by atoms with Gasteiger partial charge in [0.2, 0.25) is 0 Å². The van der Waals surface area contributed by atoms with E-state index in [9.17, 15) is 10.1 Å². The first-order valence-corrected chi connectivity index (χ1v) is 7.56. The van der Waals surface area contributed by atoms with Crippen molar-refractivity contribution in [1.29, 1.82) is 5.26 Å². The van der Waals surface area contributed by atoms with Crippen LogP contribution in [-0.2, 0) is 6.54 Å². The molecule has 0 saturated carbocycles. The van der Waals surface area contributed by atoms with Crippen LogP contribution in [0.5, 0.6) is 0 Å². The third-order valence-electron chi connectivity index (χ3n) is 3.76. The summed E-state index contributed by atoms with van der Waals surface area (Å²) in [5.74, 6) is -0.0283. The quantitative estimate of drug-likeness (QED) is 0.731. The number of hydrogen-bond acceptors (Lipinski definition) is 4. The number of ketones is 1. The van der Waals surface area contributed by atoms with Crippen LogP contribution in [0.15, 0.2) is 60.9 Å². The maximum absolute atomic E-state index is 11.6. The number of aromatic nitrogens is 2. The molecule has 118 valence electrons. The number of anilines is 1. The summed E-state index contributed by atoms with van der Waals surface area (Å²) in [5, 5.41) is 16.8. The van der Waals surface area contributed by atoms with E-state index in [1.165, 1.54) is 6.92 Å². The average molecular weight is 316 g/mol. The summed E-state index contributed by atoms with van der Waals surface area (Å²) < 4.78 is 1.80. The molecule has 3 rings (SSSR count). The van der Waals surface area contributed by atoms with Gasteiger partial charge in [0.25, 0.3) is 0 Å². The summed E-state index contributed by atoms with van der Waals surface area (Å²) in [4.78, 5) is 11.6. The highest BCUT2D eigenvalue weighted by atomic mass is 16.1. The van der Waals surface area contributed by atoms with Crippen molar-refractivity contribution in [2.45, 2.75) is 13.5 Å². The number of nitrogens with zero attached hydrogens (tertiary/aromatic N) is 3. The zero-order chi connectivity index (χ0) is 16.9. The Balaban J connectivity index is 1.88. The minimum absolute atomic E-state index is 0.0283. The number of benzene rings is 2. The molecule has 5 heteroatoms. The van der Waals surface area contributed by atoms with E-state index >= 15 is 0 Å². The first-order chi connectivity index (χ1) is 11.7. The van der Waals surface area contributed by atoms with Crippen LogP contribution in [0.4, 0.5) is 5.69 Å². The standard InChI is InChI=1S/C19H16N4O/c1-14(24)15-7-8-16(12-20)18(11-15)21-13-17-5-2-3-6-19(17)23-10-4-9-22-23/h2-11,21H,13H2,1H3. The topological polar surface area (TPSA) is 70.7 Å². The van der Waals surface area contributed by atoms with Crippen LogP contribution in [0.2, 0.25) is 0 Å². The van der Waals surface area contributed by atoms with Crippen LogP contribution in [0.1, 0.15) is 28.4 Å². The van der Waals surface area contributed by atoms with Crippen molar-refractivity contribution >= 4 is 11.5 Å². The smallest absolute Gasteiger partial charge is 0.159 e. The number of carbonyl (C=O) groups excluding carboxylic acids is 1. The van der Waals surface area contributed by atoms with E-state index in [1.54, 1.807) is 29.1 Å². The van der Waals surface area contributed by atoms with Crippen molar-refractivity contribution in [3.63, 3.8) is 0 Å². The van der Waals surface area contributed by atoms with Crippen LogP contribution in [-0.4, -0.2) is 15.6 Å². The third-order valence-corrected chi connectivity index (χ3v) is 3.76. The Morgan fingerprint density at radius 2 is 2.08 bits per heavy atom. The maximum atomic E-state index is 11.6. The van der Waals surface area contributed by atoms with Gasteiger partial charge in [-0.15, -0.1) is 0 Å². The lowest BCUT2D eigenvalue weighted by molar-refractivity contribution is 0.101. The lowest BCUT2D eigenvalue weighted by Gasteiger charge is -2.13. The van der Waals surface area contributed by atoms with Crippen molar-refractivity contribution in [3.05, 3.63) is 77.6 Å². The Morgan fingerprint density at radius 3 is 2.79 bits per heavy atom. The van der Waals surface area contributed by atoms with Gasteiger partial charge >= 0.3 is 0 Å². The molecule has 0 unspecified atom stereocenters. The fraction of sp³-hybridized carbons (Fsp3) is 0.105. The minimum Gasteiger partial charge on any atom is -0.380 e. The van der Waals surface area contributed by atoms with Gasteiger partial charge in [-0.05, 0) is 42.8 Å². The van der Waals surface area contributed by atoms with Gasteiger partial charge in [0, 0.05) is 24.5 Å². The van der Waals surface area contributed by atoms with Gasteiger partial charge in [-0.25, -0.2) is 4.68 Å². The fourth-order valence-corrected chi connectivity index (χ4v) is 2.49. The van der Waals surface area contributed by atoms with Crippen molar-refractivity contribution < 1.29 is 4.79 Å². The number of rotatable bonds is 5. The molecule has 1 aromatic heterocycles. The molecule has 1 heterocycles. The third kappa shape index (κ3) is 3.18. The summed E-state index contributed by atoms with van der Waals surface area (Å²) in [6, 6.07) is 17.0. The molecule has 5 nitrogen and oxygen atoms in total. The Labute approximate surface area is 140 Å². The van der Waals surface area contributed by atoms with Gasteiger partial charge in [-0.1, -0.05) is 18.2 Å². The molecule has 0 radical (unpaired) electrons. The van der Waals surface area contributed by atoms with E-state index < -0.39 is 0 Å². The second kappa shape index (κ2) is 6.80. The molecule has 1 N–H and O–H groups in total. The van der Waals surface area contributed by atoms with E-state index in [0.717, 1.165) is 11.3 Å². The zero-order valence-electron chi connectivity index (χ0n) is 13.2. The van der Waals surface area contributed by atoms with Gasteiger partial charge in [0.1, 0.15) is 6.07 Å². The molecule has 2 aromatic carbocycles. The molecule has 0 bridgehead atoms. The lowest BCUT2D eigenvalue weighted by atomic mass is 10.1. The van der Waals surface area contributed by atoms with Crippen LogP contribution < -0.4 is 5.32 Å². The van der Waals surface area contributed by atoms with Crippen LogP contribution >= 0.6 is 0 Å². The van der Waals surface area contributed by atoms with E-state index in [4.69, 9.17) is 0 Å². The first-order valence-electron chi connectivity index (χ1n) is 7.56. The molecular formula is C19H16N4O. The number of hydrogen-bond donors (Lipinski definition) is 1. The number of carbonyl (C=O) groups is 1. The van der Waals surface area contributed by atoms with Gasteiger partial charge < -0.3 is 5.32 Å². The average Bonchev–Trinajstić information content (AvgIpc) is 3.14. The highest BCUT2D eigenvalue weighted by molar-refractivity contribution is 5.95. The van der Waals surface area contributed by atoms with E-state index in [1.807, 2.05) is 36.5 Å². The Bertz CT molecular complexity index is 907. The van der Waals surface area contributed by atoms with Crippen LogP contribution in [0.3, 0.4) is 0 Å². The molecule has 0 amide bonds. The Morgan fingerprint density at radius 1 is 1.25 bits per heavy atom. The normalized spacial score (nSPS) is 10.2. The molecule has 0 saturated heterocycles. The van der Waals surface area contributed by atoms with Gasteiger partial charge in [0.15, 0.2) is 5.78 Å². The molecule has 0 fully saturated rings. The second-order valence-electron chi connectivity index (χ2n) is 5.36. The largest absolute Gasteiger partial charge is 0.380 e. The molecular weight excluding hydrogens is 300 g/mol. The van der Waals surface area contributed by atoms with Crippen LogP contribution in [0, 0.1) is 11.3 Å². The molecule has 0 aliphatic heterocycles. The van der Waals surface area contributed by atoms with Crippen LogP contribution in [0.25, 0.3) is 5.69 Å². The fourth-order valence-electron chi connectivity index (χ4n) is 2.49. The lowest BCUT2D eigenvalue weighted by Crippen LogP contribution is -2.07. The van der Waals surface area contributed by atoms with Crippen molar-refractivity contribution in [2.75, 3.05) is 5.32 Å². The highest BCUT2D eigenvalue weighted by Gasteiger charge is 2.08. The molecule has 0 aliphatic carbocycles. The number of nitrogens with one attached hydrogen (secondary N) is 1. The predicted octanol–water partition coefficient (Wildman–Crippen LogP) is 3.56. The van der Waals surface area contributed by atoms with Gasteiger partial charge in [0.05, 0.1) is 16.9 Å². The van der Waals surface area contributed by atoms with Crippen molar-refractivity contribution in [1.82, 2.24) is 9.78 Å². The number of nitriles is 1. The minimum atomic E-state index is -0.0283. The molecule has 0 aliphatic rings. The number of para-hydroxylation sites is 1. The monoisotopic (exact) mass is 316 g/mol. The summed E-state index contributed by atoms with van der Waals surface area (Å²) in [6.07, 6.45) is 3.62. The maximum Gasteiger partial charge on any atom is 0.159 e. The van der Waals surface area contributed by atoms with Crippen molar-refractivity contribution in [3.8, 4) is 11.8 Å². The summed E-state index contributed by atoms with van der Waals surface area (Å²) in [5.41, 5.74) is 3.75. The second-order valence-corrected chi connectivity index (χ2v) is 5.36. The summed E-state index contributed by atoms with van der Waals surface area (Å²) in [6.45, 7) is 2.03. The molecule has 24 heavy (non-hydrogen) atoms. The predicted molar refractivity (Wildman–Crippen MR) is 92.1 cm³/mol. The zero-order valence-corrected chi connectivity index (χ0v) is 13.2. The Hall–Kier alpha value is -3.39. The molecule has 0 spiro atoms. The summed E-state index contributed by atoms with van der Waals surface area (Å²) >= 11 is 0. The van der Waals surface area contributed by atoms with Crippen molar-refractivity contribution in [2.24, 2.45) is 0 Å². The Kier molecular flexibility index (Phi) is 4.39. The number of Topliss-reactive ketones (excluding diaryl/α,β-unsaturated/α-hetero) is 1. The van der Waals surface area contributed by atoms with Gasteiger partial charge in [-0.2, -0.15) is 10.4 Å². The summed E-state index contributed by atoms with van der Waals surface area (Å²) in [7, 11) is 0.